The number of primary amides is 1. The number of hydrogen-bond acceptors (Lipinski definition) is 2. The maximum absolute atomic E-state index is 11.4. The van der Waals surface area contributed by atoms with Crippen molar-refractivity contribution in [3.05, 3.63) is 0 Å². The van der Waals surface area contributed by atoms with Gasteiger partial charge in [0.25, 0.3) is 0 Å². The molecule has 0 radical (unpaired) electrons. The molecule has 0 fully saturated rings. The third-order valence-electron chi connectivity index (χ3n) is 2.70. The molecule has 102 valence electrons. The van der Waals surface area contributed by atoms with Crippen molar-refractivity contribution in [2.75, 3.05) is 6.54 Å². The van der Waals surface area contributed by atoms with E-state index in [1.165, 1.54) is 0 Å². The van der Waals surface area contributed by atoms with E-state index in [0.717, 1.165) is 17.7 Å². The Bertz CT molecular complexity index is 404. The van der Waals surface area contributed by atoms with Gasteiger partial charge >= 0.3 is 12.1 Å². The summed E-state index contributed by atoms with van der Waals surface area (Å²) in [5.74, 6) is 5.16. The van der Waals surface area contributed by atoms with Gasteiger partial charge in [0.15, 0.2) is 0 Å². The zero-order chi connectivity index (χ0) is 14.7. The minimum atomic E-state index is -0.833. The van der Waals surface area contributed by atoms with Gasteiger partial charge in [0.1, 0.15) is 0 Å². The van der Waals surface area contributed by atoms with E-state index in [2.05, 4.69) is 23.6 Å². The Morgan fingerprint density at radius 2 is 1.89 bits per heavy atom. The van der Waals surface area contributed by atoms with Crippen LogP contribution in [0, 0.1) is 30.6 Å². The Balaban J connectivity index is 4.60. The van der Waals surface area contributed by atoms with Crippen molar-refractivity contribution in [3.63, 3.8) is 0 Å². The molecule has 5 heteroatoms. The number of aliphatic imine (C=N–C) groups is 1. The molecule has 19 heavy (non-hydrogen) atoms. The van der Waals surface area contributed by atoms with Crippen LogP contribution in [0.4, 0.5) is 9.59 Å². The van der Waals surface area contributed by atoms with Crippen LogP contribution in [-0.2, 0) is 0 Å². The summed E-state index contributed by atoms with van der Waals surface area (Å²) >= 11 is 0. The van der Waals surface area contributed by atoms with E-state index in [-0.39, 0.29) is 12.5 Å². The van der Waals surface area contributed by atoms with Gasteiger partial charge in [-0.2, -0.15) is 0 Å². The maximum atomic E-state index is 11.4. The maximum Gasteiger partial charge on any atom is 0.351 e. The van der Waals surface area contributed by atoms with Crippen LogP contribution in [-0.4, -0.2) is 30.2 Å². The third kappa shape index (κ3) is 6.90. The molecule has 1 atom stereocenters. The molecule has 0 aromatic heterocycles. The number of rotatable bonds is 7. The van der Waals surface area contributed by atoms with E-state index in [1.54, 1.807) is 0 Å². The van der Waals surface area contributed by atoms with Crippen molar-refractivity contribution in [1.29, 1.82) is 0 Å². The number of urea groups is 2. The van der Waals surface area contributed by atoms with Gasteiger partial charge in [-0.25, -0.2) is 19.5 Å². The predicted molar refractivity (Wildman–Crippen MR) is 75.5 cm³/mol. The molecule has 0 rings (SSSR count). The molecule has 2 N–H and O–H groups in total. The van der Waals surface area contributed by atoms with E-state index >= 15 is 0 Å². The number of nitrogens with zero attached hydrogens (tertiary/aromatic N) is 2. The second-order valence-electron chi connectivity index (χ2n) is 4.09. The summed E-state index contributed by atoms with van der Waals surface area (Å²) in [6, 6.07) is -1.57. The van der Waals surface area contributed by atoms with Crippen molar-refractivity contribution in [2.24, 2.45) is 16.6 Å². The van der Waals surface area contributed by atoms with Crippen molar-refractivity contribution in [3.8, 4) is 24.7 Å². The molecular weight excluding hydrogens is 242 g/mol. The first-order valence-corrected chi connectivity index (χ1v) is 6.01. The van der Waals surface area contributed by atoms with Crippen molar-refractivity contribution in [1.82, 2.24) is 4.90 Å². The average molecular weight is 261 g/mol. The molecule has 0 heterocycles. The Labute approximate surface area is 114 Å². The number of hydrogen-bond donors (Lipinski definition) is 1. The van der Waals surface area contributed by atoms with Crippen molar-refractivity contribution >= 4 is 18.8 Å². The molecule has 0 aliphatic rings. The molecule has 0 saturated heterocycles. The summed E-state index contributed by atoms with van der Waals surface area (Å²) in [5, 5.41) is 0. The zero-order valence-corrected chi connectivity index (χ0v) is 11.0. The molecule has 0 bridgehead atoms. The number of imide groups is 1. The highest BCUT2D eigenvalue weighted by Crippen LogP contribution is 2.17. The third-order valence-corrected chi connectivity index (χ3v) is 2.70. The summed E-state index contributed by atoms with van der Waals surface area (Å²) in [7, 11) is 0. The van der Waals surface area contributed by atoms with Crippen LogP contribution in [0.15, 0.2) is 4.99 Å². The van der Waals surface area contributed by atoms with Gasteiger partial charge in [0, 0.05) is 19.4 Å². The number of nitrogens with two attached hydrogens (primary N) is 1. The Morgan fingerprint density at radius 3 is 2.37 bits per heavy atom. The second-order valence-corrected chi connectivity index (χ2v) is 4.09. The van der Waals surface area contributed by atoms with Crippen LogP contribution in [0.1, 0.15) is 32.1 Å². The fourth-order valence-corrected chi connectivity index (χ4v) is 1.71. The first-order valence-electron chi connectivity index (χ1n) is 6.01. The minimum absolute atomic E-state index is 0.0719. The number of amides is 4. The lowest BCUT2D eigenvalue weighted by molar-refractivity contribution is 0.187. The van der Waals surface area contributed by atoms with Crippen molar-refractivity contribution < 1.29 is 9.59 Å². The van der Waals surface area contributed by atoms with Crippen LogP contribution in [0.25, 0.3) is 0 Å². The molecule has 0 aromatic rings. The topological polar surface area (TPSA) is 75.8 Å². The quantitative estimate of drug-likeness (QED) is 0.432. The van der Waals surface area contributed by atoms with E-state index in [9.17, 15) is 9.59 Å². The van der Waals surface area contributed by atoms with Gasteiger partial charge in [0.2, 0.25) is 0 Å². The van der Waals surface area contributed by atoms with Gasteiger partial charge in [-0.05, 0) is 31.9 Å². The molecule has 0 aromatic carbocycles. The first kappa shape index (κ1) is 16.7. The smallest absolute Gasteiger partial charge is 0.351 e. The van der Waals surface area contributed by atoms with E-state index in [4.69, 9.17) is 18.6 Å². The molecule has 1 unspecified atom stereocenters. The second kappa shape index (κ2) is 9.73. The Kier molecular flexibility index (Phi) is 8.57. The van der Waals surface area contributed by atoms with E-state index < -0.39 is 12.1 Å². The van der Waals surface area contributed by atoms with Gasteiger partial charge in [-0.1, -0.05) is 0 Å². The molecule has 0 saturated carbocycles. The number of carbonyl (C=O) groups is 2. The van der Waals surface area contributed by atoms with Crippen LogP contribution in [0.3, 0.4) is 0 Å². The van der Waals surface area contributed by atoms with Crippen molar-refractivity contribution in [2.45, 2.75) is 32.1 Å². The number of unbranched alkanes of at least 4 members (excludes halogenated alkanes) is 1. The van der Waals surface area contributed by atoms with Gasteiger partial charge in [-0.15, -0.1) is 24.7 Å². The average Bonchev–Trinajstić information content (AvgIpc) is 2.40. The number of terminal acetylenes is 2. The van der Waals surface area contributed by atoms with Gasteiger partial charge < -0.3 is 5.73 Å². The SMILES string of the molecule is C#CCCCC(CCC#C)CN(C(N)=O)C(=O)N=C. The molecular formula is C14H19N3O2. The summed E-state index contributed by atoms with van der Waals surface area (Å²) in [6.45, 7) is 3.29. The zero-order valence-electron chi connectivity index (χ0n) is 11.0. The van der Waals surface area contributed by atoms with E-state index in [0.29, 0.717) is 19.3 Å². The lowest BCUT2D eigenvalue weighted by atomic mass is 9.96. The fourth-order valence-electron chi connectivity index (χ4n) is 1.71. The largest absolute Gasteiger partial charge is 0.351 e. The normalized spacial score (nSPS) is 10.8. The highest BCUT2D eigenvalue weighted by Gasteiger charge is 2.21. The lowest BCUT2D eigenvalue weighted by Gasteiger charge is -2.22. The molecule has 4 amide bonds. The van der Waals surface area contributed by atoms with Crippen LogP contribution in [0.5, 0.6) is 0 Å². The predicted octanol–water partition coefficient (Wildman–Crippen LogP) is 2.02. The summed E-state index contributed by atoms with van der Waals surface area (Å²) in [6.07, 6.45) is 13.9. The van der Waals surface area contributed by atoms with Crippen LogP contribution >= 0.6 is 0 Å². The summed E-state index contributed by atoms with van der Waals surface area (Å²) in [4.78, 5) is 26.7. The number of carbonyl (C=O) groups excluding carboxylic acids is 2. The van der Waals surface area contributed by atoms with E-state index in [1.807, 2.05) is 0 Å². The monoisotopic (exact) mass is 261 g/mol. The minimum Gasteiger partial charge on any atom is -0.351 e. The Hall–Kier alpha value is -2.27. The molecule has 0 spiro atoms. The molecule has 0 aliphatic heterocycles. The van der Waals surface area contributed by atoms with Crippen LogP contribution in [0.2, 0.25) is 0 Å². The van der Waals surface area contributed by atoms with Gasteiger partial charge in [0.05, 0.1) is 0 Å². The Morgan fingerprint density at radius 1 is 1.26 bits per heavy atom. The highest BCUT2D eigenvalue weighted by atomic mass is 16.2. The standard InChI is InChI=1S/C14H19N3O2/c1-4-6-8-10-12(9-7-5-2)11-17(13(15)18)14(19)16-3/h1-2,12H,3,6-11H2,(H2,15,18). The summed E-state index contributed by atoms with van der Waals surface area (Å²) in [5.41, 5.74) is 5.15. The first-order chi connectivity index (χ1) is 9.06. The molecule has 0 aliphatic carbocycles. The fraction of sp³-hybridized carbons (Fsp3) is 0.500. The summed E-state index contributed by atoms with van der Waals surface area (Å²) < 4.78 is 0. The highest BCUT2D eigenvalue weighted by molar-refractivity contribution is 5.94. The lowest BCUT2D eigenvalue weighted by Crippen LogP contribution is -2.42. The molecule has 5 nitrogen and oxygen atoms in total. The van der Waals surface area contributed by atoms with Gasteiger partial charge in [-0.3, -0.25) is 0 Å². The van der Waals surface area contributed by atoms with Crippen LogP contribution < -0.4 is 5.73 Å².